The van der Waals surface area contributed by atoms with Gasteiger partial charge < -0.3 is 4.74 Å². The van der Waals surface area contributed by atoms with Gasteiger partial charge in [-0.2, -0.15) is 0 Å². The fourth-order valence-corrected chi connectivity index (χ4v) is 4.92. The van der Waals surface area contributed by atoms with Gasteiger partial charge in [-0.15, -0.1) is 11.3 Å². The van der Waals surface area contributed by atoms with E-state index in [2.05, 4.69) is 15.7 Å². The van der Waals surface area contributed by atoms with Crippen molar-refractivity contribution in [2.24, 2.45) is 0 Å². The van der Waals surface area contributed by atoms with Gasteiger partial charge in [0.25, 0.3) is 0 Å². The highest BCUT2D eigenvalue weighted by Crippen LogP contribution is 2.26. The van der Waals surface area contributed by atoms with Crippen molar-refractivity contribution in [3.63, 3.8) is 0 Å². The summed E-state index contributed by atoms with van der Waals surface area (Å²) in [4.78, 5) is 3.78. The molecule has 1 aliphatic rings. The summed E-state index contributed by atoms with van der Waals surface area (Å²) in [5, 5.41) is 2.03. The minimum atomic E-state index is -3.53. The van der Waals surface area contributed by atoms with Gasteiger partial charge in [-0.1, -0.05) is 12.1 Å². The maximum Gasteiger partial charge on any atom is 0.240 e. The third-order valence-corrected chi connectivity index (χ3v) is 7.01. The molecule has 5 nitrogen and oxygen atoms in total. The Balaban J connectivity index is 1.76. The van der Waals surface area contributed by atoms with E-state index >= 15 is 0 Å². The monoisotopic (exact) mass is 380 g/mol. The van der Waals surface area contributed by atoms with Gasteiger partial charge in [0.05, 0.1) is 24.2 Å². The first kappa shape index (κ1) is 18.5. The quantitative estimate of drug-likeness (QED) is 0.837. The molecule has 1 N–H and O–H groups in total. The maximum absolute atomic E-state index is 12.7. The van der Waals surface area contributed by atoms with Crippen LogP contribution in [0.4, 0.5) is 0 Å². The number of hydrogen-bond acceptors (Lipinski definition) is 5. The van der Waals surface area contributed by atoms with Crippen LogP contribution in [0.5, 0.6) is 0 Å². The van der Waals surface area contributed by atoms with Crippen LogP contribution in [0.1, 0.15) is 22.0 Å². The minimum absolute atomic E-state index is 0.0326. The second-order valence-corrected chi connectivity index (χ2v) is 9.02. The fraction of sp³-hybridized carbons (Fsp3) is 0.444. The molecule has 0 spiro atoms. The molecular weight excluding hydrogens is 356 g/mol. The standard InChI is InChI=1S/C18H24N2O3S2/c1-14-5-6-16(12-15(14)2)25(21,22)19-13-17(18-4-3-11-24-18)20-7-9-23-10-8-20/h3-6,11-12,17,19H,7-10,13H2,1-2H3. The molecule has 1 atom stereocenters. The summed E-state index contributed by atoms with van der Waals surface area (Å²) in [6.07, 6.45) is 0. The van der Waals surface area contributed by atoms with Crippen molar-refractivity contribution in [1.29, 1.82) is 0 Å². The van der Waals surface area contributed by atoms with Crippen LogP contribution in [0.25, 0.3) is 0 Å². The topological polar surface area (TPSA) is 58.6 Å². The summed E-state index contributed by atoms with van der Waals surface area (Å²) < 4.78 is 33.6. The van der Waals surface area contributed by atoms with E-state index in [0.29, 0.717) is 24.7 Å². The van der Waals surface area contributed by atoms with E-state index in [1.54, 1.807) is 23.5 Å². The Labute approximate surface area is 153 Å². The minimum Gasteiger partial charge on any atom is -0.379 e. The number of hydrogen-bond donors (Lipinski definition) is 1. The van der Waals surface area contributed by atoms with Crippen LogP contribution in [0, 0.1) is 13.8 Å². The number of ether oxygens (including phenoxy) is 1. The summed E-state index contributed by atoms with van der Waals surface area (Å²) in [6, 6.07) is 9.35. The number of morpholine rings is 1. The molecule has 2 heterocycles. The number of aryl methyl sites for hydroxylation is 2. The number of sulfonamides is 1. The highest BCUT2D eigenvalue weighted by molar-refractivity contribution is 7.89. The molecular formula is C18H24N2O3S2. The molecule has 3 rings (SSSR count). The predicted octanol–water partition coefficient (Wildman–Crippen LogP) is 2.72. The molecule has 0 saturated carbocycles. The molecule has 1 fully saturated rings. The number of nitrogens with zero attached hydrogens (tertiary/aromatic N) is 1. The van der Waals surface area contributed by atoms with Crippen molar-refractivity contribution in [2.75, 3.05) is 32.8 Å². The van der Waals surface area contributed by atoms with Gasteiger partial charge in [0, 0.05) is 24.5 Å². The van der Waals surface area contributed by atoms with E-state index < -0.39 is 10.0 Å². The summed E-state index contributed by atoms with van der Waals surface area (Å²) in [6.45, 7) is 7.26. The molecule has 0 amide bonds. The Hall–Kier alpha value is -1.25. The van der Waals surface area contributed by atoms with Gasteiger partial charge in [0.1, 0.15) is 0 Å². The fourth-order valence-electron chi connectivity index (χ4n) is 2.93. The lowest BCUT2D eigenvalue weighted by Crippen LogP contribution is -2.43. The van der Waals surface area contributed by atoms with E-state index in [0.717, 1.165) is 24.2 Å². The molecule has 1 unspecified atom stereocenters. The van der Waals surface area contributed by atoms with Gasteiger partial charge >= 0.3 is 0 Å². The Bertz CT molecular complexity index is 798. The van der Waals surface area contributed by atoms with E-state index in [9.17, 15) is 8.42 Å². The first-order valence-electron chi connectivity index (χ1n) is 8.39. The molecule has 0 radical (unpaired) electrons. The Morgan fingerprint density at radius 1 is 1.20 bits per heavy atom. The Morgan fingerprint density at radius 3 is 2.60 bits per heavy atom. The predicted molar refractivity (Wildman–Crippen MR) is 101 cm³/mol. The smallest absolute Gasteiger partial charge is 0.240 e. The Morgan fingerprint density at radius 2 is 1.96 bits per heavy atom. The van der Waals surface area contributed by atoms with Crippen LogP contribution in [-0.4, -0.2) is 46.2 Å². The van der Waals surface area contributed by atoms with Gasteiger partial charge in [-0.25, -0.2) is 13.1 Å². The van der Waals surface area contributed by atoms with Crippen molar-refractivity contribution in [3.05, 3.63) is 51.7 Å². The molecule has 1 aliphatic heterocycles. The van der Waals surface area contributed by atoms with Crippen molar-refractivity contribution in [1.82, 2.24) is 9.62 Å². The third-order valence-electron chi connectivity index (χ3n) is 4.61. The molecule has 25 heavy (non-hydrogen) atoms. The van der Waals surface area contributed by atoms with Crippen LogP contribution >= 0.6 is 11.3 Å². The van der Waals surface area contributed by atoms with Gasteiger partial charge in [0.2, 0.25) is 10.0 Å². The van der Waals surface area contributed by atoms with Crippen molar-refractivity contribution in [2.45, 2.75) is 24.8 Å². The van der Waals surface area contributed by atoms with E-state index in [4.69, 9.17) is 4.74 Å². The normalized spacial score (nSPS) is 17.5. The highest BCUT2D eigenvalue weighted by Gasteiger charge is 2.25. The number of nitrogens with one attached hydrogen (secondary N) is 1. The molecule has 1 aromatic heterocycles. The molecule has 1 aromatic carbocycles. The van der Waals surface area contributed by atoms with Gasteiger partial charge in [-0.3, -0.25) is 4.90 Å². The zero-order chi connectivity index (χ0) is 17.9. The lowest BCUT2D eigenvalue weighted by molar-refractivity contribution is 0.0179. The SMILES string of the molecule is Cc1ccc(S(=O)(=O)NCC(c2cccs2)N2CCOCC2)cc1C. The lowest BCUT2D eigenvalue weighted by atomic mass is 10.1. The van der Waals surface area contributed by atoms with Crippen LogP contribution < -0.4 is 4.72 Å². The van der Waals surface area contributed by atoms with E-state index in [1.165, 1.54) is 4.88 Å². The molecule has 1 saturated heterocycles. The number of thiophene rings is 1. The van der Waals surface area contributed by atoms with Crippen LogP contribution in [-0.2, 0) is 14.8 Å². The van der Waals surface area contributed by atoms with Crippen LogP contribution in [0.3, 0.4) is 0 Å². The van der Waals surface area contributed by atoms with Crippen molar-refractivity contribution in [3.8, 4) is 0 Å². The third kappa shape index (κ3) is 4.48. The van der Waals surface area contributed by atoms with E-state index in [1.807, 2.05) is 31.4 Å². The summed E-state index contributed by atoms with van der Waals surface area (Å²) >= 11 is 1.66. The van der Waals surface area contributed by atoms with Crippen molar-refractivity contribution < 1.29 is 13.2 Å². The van der Waals surface area contributed by atoms with Crippen LogP contribution in [0.2, 0.25) is 0 Å². The van der Waals surface area contributed by atoms with Gasteiger partial charge in [0.15, 0.2) is 0 Å². The zero-order valence-electron chi connectivity index (χ0n) is 14.6. The molecule has 2 aromatic rings. The first-order chi connectivity index (χ1) is 12.0. The molecule has 7 heteroatoms. The van der Waals surface area contributed by atoms with Gasteiger partial charge in [-0.05, 0) is 48.6 Å². The average molecular weight is 381 g/mol. The summed E-state index contributed by atoms with van der Waals surface area (Å²) in [7, 11) is -3.53. The highest BCUT2D eigenvalue weighted by atomic mass is 32.2. The average Bonchev–Trinajstić information content (AvgIpc) is 3.12. The summed E-state index contributed by atoms with van der Waals surface area (Å²) in [5.41, 5.74) is 2.06. The lowest BCUT2D eigenvalue weighted by Gasteiger charge is -2.34. The largest absolute Gasteiger partial charge is 0.379 e. The summed E-state index contributed by atoms with van der Waals surface area (Å²) in [5.74, 6) is 0. The van der Waals surface area contributed by atoms with Crippen LogP contribution in [0.15, 0.2) is 40.6 Å². The molecule has 136 valence electrons. The first-order valence-corrected chi connectivity index (χ1v) is 10.8. The second-order valence-electron chi connectivity index (χ2n) is 6.28. The number of benzene rings is 1. The van der Waals surface area contributed by atoms with E-state index in [-0.39, 0.29) is 6.04 Å². The van der Waals surface area contributed by atoms with Crippen molar-refractivity contribution >= 4 is 21.4 Å². The Kier molecular flexibility index (Phi) is 5.91. The maximum atomic E-state index is 12.7. The second kappa shape index (κ2) is 7.97. The number of rotatable bonds is 6. The molecule has 0 aliphatic carbocycles. The molecule has 0 bridgehead atoms. The zero-order valence-corrected chi connectivity index (χ0v) is 16.2.